The van der Waals surface area contributed by atoms with Gasteiger partial charge in [-0.3, -0.25) is 19.9 Å². The number of rotatable bonds is 7. The van der Waals surface area contributed by atoms with E-state index in [1.165, 1.54) is 11.3 Å². The number of ether oxygens (including phenoxy) is 1. The van der Waals surface area contributed by atoms with Crippen LogP contribution < -0.4 is 5.32 Å². The molecular formula is C18H33N5O2S. The summed E-state index contributed by atoms with van der Waals surface area (Å²) in [7, 11) is 6.03. The summed E-state index contributed by atoms with van der Waals surface area (Å²) in [6, 6.07) is 0. The molecule has 1 aliphatic heterocycles. The number of hydrogen-bond acceptors (Lipinski definition) is 7. The van der Waals surface area contributed by atoms with E-state index < -0.39 is 5.54 Å². The van der Waals surface area contributed by atoms with E-state index in [-0.39, 0.29) is 11.4 Å². The predicted molar refractivity (Wildman–Crippen MR) is 106 cm³/mol. The highest BCUT2D eigenvalue weighted by molar-refractivity contribution is 7.15. The summed E-state index contributed by atoms with van der Waals surface area (Å²) < 4.78 is 5.42. The summed E-state index contributed by atoms with van der Waals surface area (Å²) >= 11 is 1.43. The Morgan fingerprint density at radius 3 is 2.38 bits per heavy atom. The normalized spacial score (nSPS) is 17.1. The summed E-state index contributed by atoms with van der Waals surface area (Å²) in [6.07, 6.45) is 2.11. The van der Waals surface area contributed by atoms with Crippen molar-refractivity contribution in [2.75, 3.05) is 46.2 Å². The lowest BCUT2D eigenvalue weighted by molar-refractivity contribution is -0.126. The molecule has 26 heavy (non-hydrogen) atoms. The van der Waals surface area contributed by atoms with Gasteiger partial charge < -0.3 is 4.74 Å². The van der Waals surface area contributed by atoms with E-state index >= 15 is 0 Å². The van der Waals surface area contributed by atoms with Gasteiger partial charge >= 0.3 is 0 Å². The van der Waals surface area contributed by atoms with E-state index in [2.05, 4.69) is 39.2 Å². The van der Waals surface area contributed by atoms with E-state index in [0.717, 1.165) is 37.6 Å². The lowest BCUT2D eigenvalue weighted by atomic mass is 9.95. The zero-order valence-electron chi connectivity index (χ0n) is 17.1. The summed E-state index contributed by atoms with van der Waals surface area (Å²) in [4.78, 5) is 17.1. The van der Waals surface area contributed by atoms with Crippen LogP contribution >= 0.6 is 11.3 Å². The topological polar surface area (TPSA) is 70.6 Å². The van der Waals surface area contributed by atoms with E-state index in [0.29, 0.717) is 11.0 Å². The molecule has 1 aliphatic rings. The summed E-state index contributed by atoms with van der Waals surface area (Å²) in [5.74, 6) is 0.521. The fraction of sp³-hybridized carbons (Fsp3) is 0.833. The highest BCUT2D eigenvalue weighted by Crippen LogP contribution is 2.30. The fourth-order valence-electron chi connectivity index (χ4n) is 2.68. The lowest BCUT2D eigenvalue weighted by Gasteiger charge is -2.37. The molecule has 2 rings (SSSR count). The number of carbonyl (C=O) groups excluding carboxylic acids is 1. The van der Waals surface area contributed by atoms with Gasteiger partial charge in [-0.1, -0.05) is 11.3 Å². The van der Waals surface area contributed by atoms with Gasteiger partial charge in [-0.2, -0.15) is 0 Å². The number of nitrogens with zero attached hydrogens (tertiary/aromatic N) is 4. The molecule has 0 saturated carbocycles. The van der Waals surface area contributed by atoms with Gasteiger partial charge in [-0.05, 0) is 67.6 Å². The van der Waals surface area contributed by atoms with Crippen LogP contribution in [0.2, 0.25) is 0 Å². The number of aromatic nitrogens is 2. The van der Waals surface area contributed by atoms with Gasteiger partial charge in [0, 0.05) is 19.8 Å². The van der Waals surface area contributed by atoms with Crippen LogP contribution in [-0.2, 0) is 15.1 Å². The minimum absolute atomic E-state index is 0.0579. The Bertz CT molecular complexity index is 608. The van der Waals surface area contributed by atoms with Crippen LogP contribution in [0.1, 0.15) is 45.5 Å². The van der Waals surface area contributed by atoms with Crippen LogP contribution in [0.5, 0.6) is 0 Å². The molecule has 1 aromatic heterocycles. The summed E-state index contributed by atoms with van der Waals surface area (Å²) in [5, 5.41) is 12.8. The van der Waals surface area contributed by atoms with E-state index in [1.54, 1.807) is 0 Å². The average Bonchev–Trinajstić information content (AvgIpc) is 3.04. The predicted octanol–water partition coefficient (Wildman–Crippen LogP) is 2.41. The van der Waals surface area contributed by atoms with Crippen molar-refractivity contribution < 1.29 is 9.53 Å². The molecule has 0 radical (unpaired) electrons. The molecule has 0 spiro atoms. The van der Waals surface area contributed by atoms with Crippen molar-refractivity contribution in [2.45, 2.75) is 51.6 Å². The third-order valence-corrected chi connectivity index (χ3v) is 6.82. The molecular weight excluding hydrogens is 350 g/mol. The third kappa shape index (κ3) is 4.79. The lowest BCUT2D eigenvalue weighted by Crippen LogP contribution is -2.52. The molecule has 1 N–H and O–H groups in total. The third-order valence-electron chi connectivity index (χ3n) is 5.67. The van der Waals surface area contributed by atoms with Crippen molar-refractivity contribution in [3.63, 3.8) is 0 Å². The van der Waals surface area contributed by atoms with Crippen molar-refractivity contribution in [3.05, 3.63) is 5.01 Å². The van der Waals surface area contributed by atoms with Crippen molar-refractivity contribution in [1.29, 1.82) is 0 Å². The molecule has 0 bridgehead atoms. The zero-order chi connectivity index (χ0) is 19.5. The number of nitrogens with one attached hydrogen (secondary N) is 1. The fourth-order valence-corrected chi connectivity index (χ4v) is 3.60. The molecule has 2 heterocycles. The highest BCUT2D eigenvalue weighted by atomic mass is 32.1. The van der Waals surface area contributed by atoms with E-state index in [9.17, 15) is 4.79 Å². The summed E-state index contributed by atoms with van der Waals surface area (Å²) in [6.45, 7) is 10.6. The minimum atomic E-state index is -0.624. The molecule has 0 atom stereocenters. The summed E-state index contributed by atoms with van der Waals surface area (Å²) in [5.41, 5.74) is -0.850. The Labute approximate surface area is 161 Å². The SMILES string of the molecule is CN(CC1CCOCC1)C(C)(C)C(=O)Nc1nnc(C(C)(C)N(C)C)s1. The quantitative estimate of drug-likeness (QED) is 0.780. The van der Waals surface area contributed by atoms with E-state index in [1.807, 2.05) is 35.0 Å². The molecule has 1 saturated heterocycles. The molecule has 0 aliphatic carbocycles. The molecule has 7 nitrogen and oxygen atoms in total. The first kappa shape index (κ1) is 21.2. The maximum Gasteiger partial charge on any atom is 0.246 e. The maximum absolute atomic E-state index is 12.9. The van der Waals surface area contributed by atoms with Crippen LogP contribution in [0.15, 0.2) is 0 Å². The van der Waals surface area contributed by atoms with Crippen LogP contribution in [0, 0.1) is 5.92 Å². The Morgan fingerprint density at radius 1 is 1.19 bits per heavy atom. The van der Waals surface area contributed by atoms with Crippen LogP contribution in [0.3, 0.4) is 0 Å². The number of amides is 1. The van der Waals surface area contributed by atoms with Crippen LogP contribution in [0.25, 0.3) is 0 Å². The Balaban J connectivity index is 2.00. The molecule has 1 fully saturated rings. The van der Waals surface area contributed by atoms with Gasteiger partial charge in [0.1, 0.15) is 5.01 Å². The largest absolute Gasteiger partial charge is 0.381 e. The van der Waals surface area contributed by atoms with Gasteiger partial charge in [-0.15, -0.1) is 10.2 Å². The van der Waals surface area contributed by atoms with Gasteiger partial charge in [-0.25, -0.2) is 0 Å². The van der Waals surface area contributed by atoms with Gasteiger partial charge in [0.2, 0.25) is 11.0 Å². The minimum Gasteiger partial charge on any atom is -0.381 e. The van der Waals surface area contributed by atoms with Gasteiger partial charge in [0.05, 0.1) is 11.1 Å². The molecule has 1 aromatic rings. The molecule has 148 valence electrons. The monoisotopic (exact) mass is 383 g/mol. The maximum atomic E-state index is 12.9. The van der Waals surface area contributed by atoms with Gasteiger partial charge in [0.15, 0.2) is 0 Å². The number of hydrogen-bond donors (Lipinski definition) is 1. The van der Waals surface area contributed by atoms with E-state index in [4.69, 9.17) is 4.74 Å². The first-order chi connectivity index (χ1) is 12.0. The van der Waals surface area contributed by atoms with Crippen molar-refractivity contribution in [3.8, 4) is 0 Å². The first-order valence-corrected chi connectivity index (χ1v) is 9.98. The van der Waals surface area contributed by atoms with Crippen molar-refractivity contribution in [1.82, 2.24) is 20.0 Å². The van der Waals surface area contributed by atoms with Crippen LogP contribution in [0.4, 0.5) is 5.13 Å². The van der Waals surface area contributed by atoms with Crippen molar-refractivity contribution >= 4 is 22.4 Å². The second kappa shape index (κ2) is 8.29. The number of carbonyl (C=O) groups is 1. The zero-order valence-corrected chi connectivity index (χ0v) is 17.9. The number of likely N-dealkylation sites (N-methyl/N-ethyl adjacent to an activating group) is 1. The Morgan fingerprint density at radius 2 is 1.81 bits per heavy atom. The highest BCUT2D eigenvalue weighted by Gasteiger charge is 2.35. The first-order valence-electron chi connectivity index (χ1n) is 9.17. The number of anilines is 1. The molecule has 0 aromatic carbocycles. The Kier molecular flexibility index (Phi) is 6.76. The molecule has 1 amide bonds. The van der Waals surface area contributed by atoms with Gasteiger partial charge in [0.25, 0.3) is 0 Å². The standard InChI is InChI=1S/C18H33N5O2S/c1-17(2,23(7)12-13-8-10-25-11-9-13)14(24)19-16-21-20-15(26-16)18(3,4)22(5)6/h13H,8-12H2,1-7H3,(H,19,21,24). The smallest absolute Gasteiger partial charge is 0.246 e. The van der Waals surface area contributed by atoms with Crippen LogP contribution in [-0.4, -0.2) is 72.3 Å². The molecule has 8 heteroatoms. The second-order valence-electron chi connectivity index (χ2n) is 8.32. The van der Waals surface area contributed by atoms with Crippen molar-refractivity contribution in [2.24, 2.45) is 5.92 Å². The Hall–Kier alpha value is -1.09. The second-order valence-corrected chi connectivity index (χ2v) is 9.29. The molecule has 0 unspecified atom stereocenters. The average molecular weight is 384 g/mol.